The van der Waals surface area contributed by atoms with Gasteiger partial charge in [0, 0.05) is 4.88 Å². The maximum atomic E-state index is 12.5. The van der Waals surface area contributed by atoms with Crippen LogP contribution >= 0.6 is 11.3 Å². The number of hydrogen-bond donors (Lipinski definition) is 0. The number of benzene rings is 1. The van der Waals surface area contributed by atoms with E-state index in [1.807, 2.05) is 38.1 Å². The van der Waals surface area contributed by atoms with Gasteiger partial charge < -0.3 is 4.74 Å². The molecule has 0 spiro atoms. The van der Waals surface area contributed by atoms with Gasteiger partial charge in [-0.05, 0) is 42.7 Å². The molecule has 108 valence electrons. The Bertz CT molecular complexity index is 697. The molecule has 0 aliphatic heterocycles. The van der Waals surface area contributed by atoms with Crippen LogP contribution in [-0.4, -0.2) is 12.9 Å². The van der Waals surface area contributed by atoms with Gasteiger partial charge in [0.25, 0.3) is 0 Å². The predicted molar refractivity (Wildman–Crippen MR) is 84.1 cm³/mol. The Balaban J connectivity index is 2.35. The largest absolute Gasteiger partial charge is 0.496 e. The molecule has 0 fully saturated rings. The molecular weight excluding hydrogens is 282 g/mol. The van der Waals surface area contributed by atoms with E-state index in [2.05, 4.69) is 6.07 Å². The van der Waals surface area contributed by atoms with Gasteiger partial charge in [-0.1, -0.05) is 19.1 Å². The maximum Gasteiger partial charge on any atom is 0.194 e. The molecule has 0 saturated heterocycles. The third-order valence-electron chi connectivity index (χ3n) is 3.41. The van der Waals surface area contributed by atoms with Crippen molar-refractivity contribution in [1.29, 1.82) is 5.26 Å². The number of nitriles is 1. The number of carbonyl (C=O) groups excluding carboxylic acids is 1. The summed E-state index contributed by atoms with van der Waals surface area (Å²) in [6, 6.07) is 11.3. The molecule has 4 heteroatoms. The van der Waals surface area contributed by atoms with Crippen molar-refractivity contribution in [1.82, 2.24) is 0 Å². The van der Waals surface area contributed by atoms with Crippen LogP contribution in [-0.2, 0) is 6.42 Å². The lowest BCUT2D eigenvalue weighted by Gasteiger charge is -2.11. The van der Waals surface area contributed by atoms with Crippen molar-refractivity contribution in [3.8, 4) is 11.8 Å². The van der Waals surface area contributed by atoms with Gasteiger partial charge >= 0.3 is 0 Å². The van der Waals surface area contributed by atoms with E-state index < -0.39 is 5.92 Å². The van der Waals surface area contributed by atoms with Gasteiger partial charge in [0.05, 0.1) is 18.1 Å². The fourth-order valence-electron chi connectivity index (χ4n) is 2.14. The molecule has 0 N–H and O–H groups in total. The summed E-state index contributed by atoms with van der Waals surface area (Å²) < 4.78 is 5.27. The number of ketones is 1. The smallest absolute Gasteiger partial charge is 0.194 e. The summed E-state index contributed by atoms with van der Waals surface area (Å²) in [5, 5.41) is 9.40. The fourth-order valence-corrected chi connectivity index (χ4v) is 3.06. The van der Waals surface area contributed by atoms with Gasteiger partial charge in [-0.15, -0.1) is 11.3 Å². The van der Waals surface area contributed by atoms with Crippen molar-refractivity contribution in [2.45, 2.75) is 26.2 Å². The molecule has 1 heterocycles. The fraction of sp³-hybridized carbons (Fsp3) is 0.294. The minimum absolute atomic E-state index is 0.145. The summed E-state index contributed by atoms with van der Waals surface area (Å²) in [7, 11) is 1.59. The van der Waals surface area contributed by atoms with Gasteiger partial charge in [0.1, 0.15) is 11.7 Å². The number of Topliss-reactive ketones (excluding diaryl/α,β-unsaturated/α-hetero) is 1. The molecule has 1 aromatic carbocycles. The Morgan fingerprint density at radius 1 is 1.38 bits per heavy atom. The Kier molecular flexibility index (Phi) is 4.77. The Morgan fingerprint density at radius 3 is 2.71 bits per heavy atom. The molecule has 0 aliphatic rings. The number of hydrogen-bond acceptors (Lipinski definition) is 4. The SMILES string of the molecule is CCc1ccc(C(=O)C(C#N)c2ccc(C)c(OC)c2)s1. The second-order valence-electron chi connectivity index (χ2n) is 4.77. The Hall–Kier alpha value is -2.12. The third-order valence-corrected chi connectivity index (χ3v) is 4.65. The summed E-state index contributed by atoms with van der Waals surface area (Å²) in [5.41, 5.74) is 1.66. The summed E-state index contributed by atoms with van der Waals surface area (Å²) >= 11 is 1.46. The Labute approximate surface area is 128 Å². The summed E-state index contributed by atoms with van der Waals surface area (Å²) in [4.78, 5) is 14.3. The zero-order valence-electron chi connectivity index (χ0n) is 12.3. The monoisotopic (exact) mass is 299 g/mol. The molecule has 2 rings (SSSR count). The zero-order chi connectivity index (χ0) is 15.4. The van der Waals surface area contributed by atoms with Crippen LogP contribution in [0.25, 0.3) is 0 Å². The van der Waals surface area contributed by atoms with Gasteiger partial charge in [-0.2, -0.15) is 5.26 Å². The van der Waals surface area contributed by atoms with E-state index in [9.17, 15) is 10.1 Å². The van der Waals surface area contributed by atoms with Crippen LogP contribution in [0.2, 0.25) is 0 Å². The first-order valence-electron chi connectivity index (χ1n) is 6.77. The predicted octanol–water partition coefficient (Wildman–Crippen LogP) is 4.12. The van der Waals surface area contributed by atoms with Gasteiger partial charge in [-0.3, -0.25) is 4.79 Å². The number of nitrogens with zero attached hydrogens (tertiary/aromatic N) is 1. The van der Waals surface area contributed by atoms with Crippen LogP contribution in [0.3, 0.4) is 0 Å². The lowest BCUT2D eigenvalue weighted by atomic mass is 9.94. The highest BCUT2D eigenvalue weighted by molar-refractivity contribution is 7.14. The summed E-state index contributed by atoms with van der Waals surface area (Å²) in [5.74, 6) is -0.239. The Morgan fingerprint density at radius 2 is 2.14 bits per heavy atom. The summed E-state index contributed by atoms with van der Waals surface area (Å²) in [6.07, 6.45) is 0.896. The van der Waals surface area contributed by atoms with Crippen LogP contribution < -0.4 is 4.74 Å². The molecule has 0 amide bonds. The minimum Gasteiger partial charge on any atom is -0.496 e. The quantitative estimate of drug-likeness (QED) is 0.780. The molecule has 0 bridgehead atoms. The average molecular weight is 299 g/mol. The first-order chi connectivity index (χ1) is 10.1. The van der Waals surface area contributed by atoms with Crippen LogP contribution in [0, 0.1) is 18.3 Å². The molecule has 21 heavy (non-hydrogen) atoms. The molecule has 3 nitrogen and oxygen atoms in total. The van der Waals surface area contributed by atoms with Gasteiger partial charge in [0.15, 0.2) is 5.78 Å². The number of ether oxygens (including phenoxy) is 1. The van der Waals surface area contributed by atoms with Gasteiger partial charge in [0.2, 0.25) is 0 Å². The lowest BCUT2D eigenvalue weighted by molar-refractivity contribution is 0.0983. The normalized spacial score (nSPS) is 11.7. The standard InChI is InChI=1S/C17H17NO2S/c1-4-13-7-8-16(21-13)17(19)14(10-18)12-6-5-11(2)15(9-12)20-3/h5-9,14H,4H2,1-3H3. The van der Waals surface area contributed by atoms with E-state index in [4.69, 9.17) is 4.74 Å². The first-order valence-corrected chi connectivity index (χ1v) is 7.59. The van der Waals surface area contributed by atoms with Gasteiger partial charge in [-0.25, -0.2) is 0 Å². The summed E-state index contributed by atoms with van der Waals surface area (Å²) in [6.45, 7) is 3.98. The average Bonchev–Trinajstić information content (AvgIpc) is 2.98. The minimum atomic E-state index is -0.789. The van der Waals surface area contributed by atoms with Crippen molar-refractivity contribution >= 4 is 17.1 Å². The molecule has 0 aliphatic carbocycles. The van der Waals surface area contributed by atoms with E-state index in [1.165, 1.54) is 11.3 Å². The van der Waals surface area contributed by atoms with Crippen molar-refractivity contribution in [2.75, 3.05) is 7.11 Å². The highest BCUT2D eigenvalue weighted by Crippen LogP contribution is 2.29. The first kappa shape index (κ1) is 15.3. The third kappa shape index (κ3) is 3.14. The van der Waals surface area contributed by atoms with Crippen molar-refractivity contribution < 1.29 is 9.53 Å². The molecule has 2 aromatic rings. The maximum absolute atomic E-state index is 12.5. The van der Waals surface area contributed by atoms with Crippen molar-refractivity contribution in [3.05, 3.63) is 51.2 Å². The van der Waals surface area contributed by atoms with Crippen LogP contribution in [0.4, 0.5) is 0 Å². The van der Waals surface area contributed by atoms with Crippen LogP contribution in [0.1, 0.15) is 38.5 Å². The van der Waals surface area contributed by atoms with E-state index in [1.54, 1.807) is 13.2 Å². The van der Waals surface area contributed by atoms with E-state index in [-0.39, 0.29) is 5.78 Å². The van der Waals surface area contributed by atoms with Crippen molar-refractivity contribution in [3.63, 3.8) is 0 Å². The second kappa shape index (κ2) is 6.55. The number of carbonyl (C=O) groups is 1. The highest BCUT2D eigenvalue weighted by Gasteiger charge is 2.23. The van der Waals surface area contributed by atoms with E-state index >= 15 is 0 Å². The van der Waals surface area contributed by atoms with Crippen molar-refractivity contribution in [2.24, 2.45) is 0 Å². The zero-order valence-corrected chi connectivity index (χ0v) is 13.2. The van der Waals surface area contributed by atoms with Crippen LogP contribution in [0.15, 0.2) is 30.3 Å². The van der Waals surface area contributed by atoms with E-state index in [0.29, 0.717) is 16.2 Å². The molecule has 1 unspecified atom stereocenters. The molecule has 1 aromatic heterocycles. The molecule has 0 radical (unpaired) electrons. The lowest BCUT2D eigenvalue weighted by Crippen LogP contribution is -2.10. The highest BCUT2D eigenvalue weighted by atomic mass is 32.1. The topological polar surface area (TPSA) is 50.1 Å². The number of thiophene rings is 1. The number of aryl methyl sites for hydroxylation is 2. The molecule has 0 saturated carbocycles. The second-order valence-corrected chi connectivity index (χ2v) is 5.94. The molecule has 1 atom stereocenters. The van der Waals surface area contributed by atoms with Crippen LogP contribution in [0.5, 0.6) is 5.75 Å². The van der Waals surface area contributed by atoms with E-state index in [0.717, 1.165) is 16.9 Å². The molecular formula is C17H17NO2S. The number of methoxy groups -OCH3 is 1. The number of rotatable bonds is 5.